The Morgan fingerprint density at radius 2 is 1.46 bits per heavy atom. The molecular weight excluding hydrogens is 723 g/mol. The normalized spacial score (nSPS) is 48.1. The van der Waals surface area contributed by atoms with E-state index in [1.807, 2.05) is 13.8 Å². The van der Waals surface area contributed by atoms with Crippen LogP contribution in [0.4, 0.5) is 0 Å². The van der Waals surface area contributed by atoms with Gasteiger partial charge in [-0.15, -0.1) is 0 Å². The maximum atomic E-state index is 13.7. The van der Waals surface area contributed by atoms with E-state index in [9.17, 15) is 23.1 Å². The van der Waals surface area contributed by atoms with Gasteiger partial charge in [-0.25, -0.2) is 8.42 Å². The van der Waals surface area contributed by atoms with Crippen molar-refractivity contribution in [1.82, 2.24) is 10.2 Å². The summed E-state index contributed by atoms with van der Waals surface area (Å²) in [6, 6.07) is 0.0974. The molecule has 4 N–H and O–H groups in total. The molecule has 318 valence electrons. The summed E-state index contributed by atoms with van der Waals surface area (Å²) < 4.78 is 31.1. The number of carboxylic acid groups (broad SMARTS) is 1. The minimum Gasteiger partial charge on any atom is -0.481 e. The van der Waals surface area contributed by atoms with Crippen molar-refractivity contribution in [3.63, 3.8) is 0 Å². The average molecular weight is 800 g/mol. The molecule has 8 aliphatic rings. The van der Waals surface area contributed by atoms with Crippen LogP contribution in [-0.2, 0) is 24.2 Å². The van der Waals surface area contributed by atoms with Crippen molar-refractivity contribution in [3.05, 3.63) is 0 Å². The molecule has 0 aromatic carbocycles. The Morgan fingerprint density at radius 3 is 2.07 bits per heavy atom. The Kier molecular flexibility index (Phi) is 9.92. The summed E-state index contributed by atoms with van der Waals surface area (Å²) >= 11 is 0. The van der Waals surface area contributed by atoms with Gasteiger partial charge in [0.25, 0.3) is 0 Å². The lowest BCUT2D eigenvalue weighted by molar-refractivity contribution is -0.249. The van der Waals surface area contributed by atoms with Crippen LogP contribution in [0.2, 0.25) is 0 Å². The zero-order chi connectivity index (χ0) is 40.6. The van der Waals surface area contributed by atoms with Gasteiger partial charge in [-0.05, 0) is 147 Å². The van der Waals surface area contributed by atoms with Crippen molar-refractivity contribution >= 4 is 21.8 Å². The second-order valence-electron chi connectivity index (χ2n) is 23.4. The summed E-state index contributed by atoms with van der Waals surface area (Å²) in [5.41, 5.74) is 7.20. The summed E-state index contributed by atoms with van der Waals surface area (Å²) in [4.78, 5) is 27.8. The first-order valence-electron chi connectivity index (χ1n) is 22.8. The second kappa shape index (κ2) is 13.4. The fourth-order valence-corrected chi connectivity index (χ4v) is 17.6. The molecule has 0 aromatic heterocycles. The number of rotatable bonds is 9. The van der Waals surface area contributed by atoms with Gasteiger partial charge in [0, 0.05) is 42.7 Å². The lowest BCUT2D eigenvalue weighted by Gasteiger charge is -2.73. The first-order chi connectivity index (χ1) is 26.0. The lowest BCUT2D eigenvalue weighted by Crippen LogP contribution is -2.69. The van der Waals surface area contributed by atoms with Crippen molar-refractivity contribution in [1.29, 1.82) is 0 Å². The van der Waals surface area contributed by atoms with Gasteiger partial charge < -0.3 is 20.9 Å². The van der Waals surface area contributed by atoms with Crippen molar-refractivity contribution in [2.24, 2.45) is 79.6 Å². The molecule has 1 saturated heterocycles. The van der Waals surface area contributed by atoms with Crippen molar-refractivity contribution in [3.8, 4) is 0 Å². The van der Waals surface area contributed by atoms with Crippen LogP contribution in [-0.4, -0.2) is 85.2 Å². The molecule has 0 spiro atoms. The number of aliphatic carboxylic acids is 1. The molecule has 14 atom stereocenters. The Hall–Kier alpha value is -1.23. The number of nitrogens with one attached hydrogen (secondary N) is 1. The predicted octanol–water partition coefficient (Wildman–Crippen LogP) is 7.31. The van der Waals surface area contributed by atoms with Crippen molar-refractivity contribution < 1.29 is 27.9 Å². The molecule has 0 aromatic rings. The van der Waals surface area contributed by atoms with Crippen LogP contribution in [0.5, 0.6) is 0 Å². The molecule has 7 saturated carbocycles. The molecule has 1 aliphatic heterocycles. The van der Waals surface area contributed by atoms with Gasteiger partial charge in [-0.3, -0.25) is 14.5 Å². The van der Waals surface area contributed by atoms with Gasteiger partial charge in [0.1, 0.15) is 6.10 Å². The van der Waals surface area contributed by atoms with E-state index >= 15 is 0 Å². The van der Waals surface area contributed by atoms with E-state index in [-0.39, 0.29) is 68.8 Å². The van der Waals surface area contributed by atoms with Crippen LogP contribution in [0.25, 0.3) is 0 Å². The van der Waals surface area contributed by atoms with E-state index < -0.39 is 27.1 Å². The van der Waals surface area contributed by atoms with Crippen LogP contribution in [0.1, 0.15) is 146 Å². The first kappa shape index (κ1) is 41.5. The molecule has 9 nitrogen and oxygen atoms in total. The van der Waals surface area contributed by atoms with E-state index in [0.717, 1.165) is 25.3 Å². The first-order valence-corrected chi connectivity index (χ1v) is 24.7. The smallest absolute Gasteiger partial charge is 0.309 e. The summed E-state index contributed by atoms with van der Waals surface area (Å²) in [6.45, 7) is 23.3. The molecular formula is C46H77N3O6S. The van der Waals surface area contributed by atoms with Gasteiger partial charge in [0.2, 0.25) is 0 Å². The number of esters is 1. The fourth-order valence-electron chi connectivity index (χ4n) is 16.4. The van der Waals surface area contributed by atoms with E-state index in [1.165, 1.54) is 64.2 Å². The number of fused-ring (bicyclic) bond motifs is 7. The standard InChI is InChI=1S/C46H77N3O6S/c1-28(47)33(49-22-24-56(53,54)25-23-49)27-48-46-17-12-29(42(6)18-19-42)37(46)30-10-11-35-43(7)15-14-36(55-39(52)32-26-31(38(50)51)40(32,2)3)41(4,5)34(43)13-16-45(35,9)44(30,8)20-21-46/h28-37,48H,10-27,47H2,1-9H3,(H,50,51)/t28-,29-,30-,31+,32-,33-,34+,35-,36+,37-,43+,44-,45-,46+/m1/s1. The van der Waals surface area contributed by atoms with Crippen molar-refractivity contribution in [2.75, 3.05) is 31.1 Å². The summed E-state index contributed by atoms with van der Waals surface area (Å²) in [6.07, 6.45) is 14.9. The number of nitrogens with two attached hydrogens (primary N) is 1. The molecule has 8 rings (SSSR count). The topological polar surface area (TPSA) is 139 Å². The number of carbonyl (C=O) groups excluding carboxylic acids is 1. The molecule has 8 fully saturated rings. The lowest BCUT2D eigenvalue weighted by atomic mass is 9.32. The quantitative estimate of drug-likeness (QED) is 0.205. The summed E-state index contributed by atoms with van der Waals surface area (Å²) in [5.74, 6) is 1.80. The van der Waals surface area contributed by atoms with Crippen LogP contribution >= 0.6 is 0 Å². The summed E-state index contributed by atoms with van der Waals surface area (Å²) in [7, 11) is -2.95. The molecule has 0 unspecified atom stereocenters. The number of hydrogen-bond donors (Lipinski definition) is 3. The minimum atomic E-state index is -2.95. The molecule has 7 aliphatic carbocycles. The Morgan fingerprint density at radius 1 is 0.786 bits per heavy atom. The van der Waals surface area contributed by atoms with Crippen LogP contribution in [0.3, 0.4) is 0 Å². The number of carbonyl (C=O) groups is 2. The summed E-state index contributed by atoms with van der Waals surface area (Å²) in [5, 5.41) is 14.0. The highest BCUT2D eigenvalue weighted by Gasteiger charge is 2.72. The van der Waals surface area contributed by atoms with E-state index in [4.69, 9.17) is 10.5 Å². The third-order valence-corrected chi connectivity index (χ3v) is 22.1. The fraction of sp³-hybridized carbons (Fsp3) is 0.957. The highest BCUT2D eigenvalue weighted by atomic mass is 32.2. The molecule has 0 radical (unpaired) electrons. The van der Waals surface area contributed by atoms with Crippen LogP contribution in [0, 0.1) is 73.9 Å². The SMILES string of the molecule is C[C@@H](N)[C@@H](CN[C@]12CC[C@@H](C3(C)CC3)[C@@H]1[C@H]1CC[C@@H]3[C@@]4(C)CC[C@H](OC(=O)[C@H]5C[C@@H](C(=O)O)C5(C)C)C(C)(C)[C@@H]4CC[C@@]3(C)[C@]1(C)CC2)N1CCS(=O)(=O)CC1. The Labute approximate surface area is 339 Å². The number of carboxylic acids is 1. The highest BCUT2D eigenvalue weighted by Crippen LogP contribution is 2.78. The third-order valence-electron chi connectivity index (χ3n) is 20.5. The van der Waals surface area contributed by atoms with Gasteiger partial charge >= 0.3 is 11.9 Å². The predicted molar refractivity (Wildman–Crippen MR) is 220 cm³/mol. The minimum absolute atomic E-state index is 0.0346. The molecule has 0 bridgehead atoms. The molecule has 10 heteroatoms. The molecule has 1 heterocycles. The van der Waals surface area contributed by atoms with Gasteiger partial charge in [-0.1, -0.05) is 55.4 Å². The molecule has 56 heavy (non-hydrogen) atoms. The number of ether oxygens (including phenoxy) is 1. The van der Waals surface area contributed by atoms with Gasteiger partial charge in [0.05, 0.1) is 23.3 Å². The van der Waals surface area contributed by atoms with Crippen LogP contribution in [0.15, 0.2) is 0 Å². The van der Waals surface area contributed by atoms with Gasteiger partial charge in [-0.2, -0.15) is 0 Å². The number of hydrogen-bond acceptors (Lipinski definition) is 8. The second-order valence-corrected chi connectivity index (χ2v) is 25.7. The largest absolute Gasteiger partial charge is 0.481 e. The monoisotopic (exact) mass is 800 g/mol. The van der Waals surface area contributed by atoms with Crippen LogP contribution < -0.4 is 11.1 Å². The Balaban J connectivity index is 1.02. The highest BCUT2D eigenvalue weighted by molar-refractivity contribution is 7.91. The third kappa shape index (κ3) is 6.06. The average Bonchev–Trinajstić information content (AvgIpc) is 3.72. The number of nitrogens with zero attached hydrogens (tertiary/aromatic N) is 1. The molecule has 0 amide bonds. The Bertz CT molecular complexity index is 1680. The van der Waals surface area contributed by atoms with Crippen molar-refractivity contribution in [2.45, 2.75) is 170 Å². The zero-order valence-corrected chi connectivity index (χ0v) is 37.2. The zero-order valence-electron chi connectivity index (χ0n) is 36.4. The van der Waals surface area contributed by atoms with E-state index in [1.54, 1.807) is 0 Å². The maximum absolute atomic E-state index is 13.7. The maximum Gasteiger partial charge on any atom is 0.309 e. The van der Waals surface area contributed by atoms with E-state index in [2.05, 4.69) is 58.7 Å². The van der Waals surface area contributed by atoms with E-state index in [0.29, 0.717) is 48.6 Å². The van der Waals surface area contributed by atoms with Gasteiger partial charge in [0.15, 0.2) is 9.84 Å². The number of sulfone groups is 1.